The van der Waals surface area contributed by atoms with Crippen molar-refractivity contribution >= 4 is 62.3 Å². The molecule has 11 heteroatoms. The molecule has 0 spiro atoms. The highest BCUT2D eigenvalue weighted by Crippen LogP contribution is 2.36. The van der Waals surface area contributed by atoms with Crippen molar-refractivity contribution in [3.05, 3.63) is 112 Å². The molecule has 3 heterocycles. The van der Waals surface area contributed by atoms with E-state index in [2.05, 4.69) is 15.9 Å². The van der Waals surface area contributed by atoms with Gasteiger partial charge < -0.3 is 14.2 Å². The number of thiophene rings is 1. The Morgan fingerprint density at radius 1 is 1.05 bits per heavy atom. The number of fused-ring (bicyclic) bond motifs is 1. The zero-order valence-electron chi connectivity index (χ0n) is 22.2. The summed E-state index contributed by atoms with van der Waals surface area (Å²) in [6.07, 6.45) is 1.77. The summed E-state index contributed by atoms with van der Waals surface area (Å²) in [7, 11) is 0. The number of halogens is 1. The van der Waals surface area contributed by atoms with Gasteiger partial charge in [-0.2, -0.15) is 0 Å². The van der Waals surface area contributed by atoms with Crippen molar-refractivity contribution in [1.29, 1.82) is 0 Å². The normalized spacial score (nSPS) is 14.8. The molecule has 0 radical (unpaired) electrons. The van der Waals surface area contributed by atoms with Gasteiger partial charge in [-0.3, -0.25) is 9.36 Å². The molecule has 0 saturated heterocycles. The number of carbonyl (C=O) groups excluding carboxylic acids is 2. The number of esters is 2. The summed E-state index contributed by atoms with van der Waals surface area (Å²) in [4.78, 5) is 45.1. The van der Waals surface area contributed by atoms with Gasteiger partial charge in [0.2, 0.25) is 0 Å². The van der Waals surface area contributed by atoms with E-state index in [1.807, 2.05) is 47.8 Å². The topological polar surface area (TPSA) is 96.2 Å². The highest BCUT2D eigenvalue weighted by atomic mass is 79.9. The number of benzene rings is 2. The maximum absolute atomic E-state index is 13.9. The lowest BCUT2D eigenvalue weighted by atomic mass is 9.97. The monoisotopic (exact) mass is 652 g/mol. The second-order valence-corrected chi connectivity index (χ2v) is 11.6. The van der Waals surface area contributed by atoms with Crippen molar-refractivity contribution in [2.24, 2.45) is 4.99 Å². The molecule has 0 aliphatic carbocycles. The van der Waals surface area contributed by atoms with Gasteiger partial charge in [0.25, 0.3) is 5.56 Å². The molecule has 8 nitrogen and oxygen atoms in total. The number of rotatable bonds is 9. The summed E-state index contributed by atoms with van der Waals surface area (Å²) >= 11 is 6.20. The van der Waals surface area contributed by atoms with E-state index in [4.69, 9.17) is 19.2 Å². The van der Waals surface area contributed by atoms with Crippen LogP contribution in [0.5, 0.6) is 5.75 Å². The molecule has 4 aromatic rings. The minimum Gasteiger partial charge on any atom is -0.481 e. The number of carbonyl (C=O) groups is 2. The number of nitrogens with zero attached hydrogens (tertiary/aromatic N) is 2. The van der Waals surface area contributed by atoms with E-state index in [9.17, 15) is 14.4 Å². The van der Waals surface area contributed by atoms with Crippen LogP contribution in [0.15, 0.2) is 85.9 Å². The Labute approximate surface area is 252 Å². The average Bonchev–Trinajstić information content (AvgIpc) is 3.61. The molecule has 0 unspecified atom stereocenters. The van der Waals surface area contributed by atoms with Crippen LogP contribution in [0.25, 0.3) is 11.8 Å². The Hall–Kier alpha value is -3.80. The lowest BCUT2D eigenvalue weighted by molar-refractivity contribution is -0.145. The first-order valence-electron chi connectivity index (χ1n) is 12.8. The Bertz CT molecular complexity index is 1790. The van der Waals surface area contributed by atoms with Crippen molar-refractivity contribution in [3.8, 4) is 5.75 Å². The smallest absolute Gasteiger partial charge is 0.344 e. The van der Waals surface area contributed by atoms with Crippen LogP contribution >= 0.6 is 38.6 Å². The van der Waals surface area contributed by atoms with Crippen LogP contribution in [-0.2, 0) is 19.1 Å². The molecule has 5 rings (SSSR count). The molecular formula is C30H25BrN2O6S2. The minimum absolute atomic E-state index is 0.195. The van der Waals surface area contributed by atoms with Crippen LogP contribution in [0.2, 0.25) is 0 Å². The van der Waals surface area contributed by atoms with Crippen LogP contribution in [0.4, 0.5) is 0 Å². The Kier molecular flexibility index (Phi) is 8.96. The summed E-state index contributed by atoms with van der Waals surface area (Å²) in [6.45, 7) is 3.75. The van der Waals surface area contributed by atoms with Gasteiger partial charge in [-0.1, -0.05) is 53.8 Å². The number of hydrogen-bond acceptors (Lipinski definition) is 9. The summed E-state index contributed by atoms with van der Waals surface area (Å²) in [5.74, 6) is -0.493. The highest BCUT2D eigenvalue weighted by Gasteiger charge is 2.35. The quantitative estimate of drug-likeness (QED) is 0.243. The molecule has 1 aliphatic rings. The molecule has 0 fully saturated rings. The second kappa shape index (κ2) is 12.8. The Morgan fingerprint density at radius 3 is 2.51 bits per heavy atom. The molecule has 41 heavy (non-hydrogen) atoms. The van der Waals surface area contributed by atoms with Gasteiger partial charge in [0.05, 0.1) is 33.5 Å². The molecule has 0 saturated carbocycles. The average molecular weight is 654 g/mol. The van der Waals surface area contributed by atoms with Gasteiger partial charge in [-0.05, 0) is 65.0 Å². The van der Waals surface area contributed by atoms with Crippen LogP contribution in [0.1, 0.15) is 35.9 Å². The molecule has 2 aromatic heterocycles. The van der Waals surface area contributed by atoms with E-state index < -0.39 is 18.0 Å². The van der Waals surface area contributed by atoms with Gasteiger partial charge >= 0.3 is 11.9 Å². The fourth-order valence-corrected chi connectivity index (χ4v) is 6.71. The first kappa shape index (κ1) is 28.7. The predicted octanol–water partition coefficient (Wildman–Crippen LogP) is 4.70. The zero-order chi connectivity index (χ0) is 28.9. The predicted molar refractivity (Wildman–Crippen MR) is 162 cm³/mol. The first-order valence-corrected chi connectivity index (χ1v) is 15.3. The molecule has 0 amide bonds. The lowest BCUT2D eigenvalue weighted by Gasteiger charge is -2.24. The van der Waals surface area contributed by atoms with Crippen molar-refractivity contribution < 1.29 is 23.8 Å². The van der Waals surface area contributed by atoms with E-state index in [-0.39, 0.29) is 25.4 Å². The number of ether oxygens (including phenoxy) is 3. The van der Waals surface area contributed by atoms with Gasteiger partial charge in [-0.25, -0.2) is 14.6 Å². The summed E-state index contributed by atoms with van der Waals surface area (Å²) in [5, 5.41) is 1.92. The Morgan fingerprint density at radius 2 is 1.83 bits per heavy atom. The summed E-state index contributed by atoms with van der Waals surface area (Å²) in [5.41, 5.74) is 2.05. The summed E-state index contributed by atoms with van der Waals surface area (Å²) in [6, 6.07) is 17.9. The van der Waals surface area contributed by atoms with Gasteiger partial charge in [0.1, 0.15) is 11.8 Å². The van der Waals surface area contributed by atoms with Gasteiger partial charge in [-0.15, -0.1) is 11.3 Å². The van der Waals surface area contributed by atoms with E-state index in [0.29, 0.717) is 30.8 Å². The number of hydrogen-bond donors (Lipinski definition) is 0. The third-order valence-electron chi connectivity index (χ3n) is 6.09. The fourth-order valence-electron chi connectivity index (χ4n) is 4.37. The van der Waals surface area contributed by atoms with Crippen molar-refractivity contribution in [1.82, 2.24) is 4.57 Å². The number of aromatic nitrogens is 1. The largest absolute Gasteiger partial charge is 0.481 e. The van der Waals surface area contributed by atoms with E-state index in [0.717, 1.165) is 16.0 Å². The van der Waals surface area contributed by atoms with E-state index in [1.54, 1.807) is 42.7 Å². The third kappa shape index (κ3) is 6.12. The third-order valence-corrected chi connectivity index (χ3v) is 8.62. The number of thiazole rings is 1. The van der Waals surface area contributed by atoms with Gasteiger partial charge in [0, 0.05) is 10.4 Å². The highest BCUT2D eigenvalue weighted by molar-refractivity contribution is 9.10. The van der Waals surface area contributed by atoms with Crippen LogP contribution < -0.4 is 19.6 Å². The molecule has 0 bridgehead atoms. The molecule has 1 atom stereocenters. The van der Waals surface area contributed by atoms with Crippen molar-refractivity contribution in [2.75, 3.05) is 19.8 Å². The zero-order valence-corrected chi connectivity index (χ0v) is 25.4. The second-order valence-electron chi connectivity index (χ2n) is 8.73. The fraction of sp³-hybridized carbons (Fsp3) is 0.200. The van der Waals surface area contributed by atoms with Crippen molar-refractivity contribution in [2.45, 2.75) is 19.9 Å². The SMILES string of the molecule is CCOC(=O)COc1ccc(/C=c2\sc3n(c2=O)[C@@H](c2cccs2)C(C(=O)OCC)=C(c2ccccc2)N=3)cc1Br. The first-order chi connectivity index (χ1) is 19.9. The van der Waals surface area contributed by atoms with E-state index >= 15 is 0 Å². The molecule has 2 aromatic carbocycles. The van der Waals surface area contributed by atoms with E-state index in [1.165, 1.54) is 22.7 Å². The molecule has 210 valence electrons. The molecular weight excluding hydrogens is 628 g/mol. The maximum atomic E-state index is 13.9. The standard InChI is InChI=1S/C30H25BrN2O6S2/c1-3-37-24(34)17-39-21-13-12-18(15-20(21)31)16-23-28(35)33-27(22-11-8-14-40-22)25(29(36)38-4-2)26(32-30(33)41-23)19-9-6-5-7-10-19/h5-16,27H,3-4,17H2,1-2H3/b23-16-/t27-/m0/s1. The maximum Gasteiger partial charge on any atom is 0.344 e. The summed E-state index contributed by atoms with van der Waals surface area (Å²) < 4.78 is 18.6. The van der Waals surface area contributed by atoms with Crippen LogP contribution in [-0.4, -0.2) is 36.3 Å². The van der Waals surface area contributed by atoms with Crippen molar-refractivity contribution in [3.63, 3.8) is 0 Å². The molecule has 1 aliphatic heterocycles. The Balaban J connectivity index is 1.62. The minimum atomic E-state index is -0.687. The van der Waals surface area contributed by atoms with Crippen LogP contribution in [0, 0.1) is 0 Å². The molecule has 0 N–H and O–H groups in total. The lowest BCUT2D eigenvalue weighted by Crippen LogP contribution is -2.39. The van der Waals surface area contributed by atoms with Gasteiger partial charge in [0.15, 0.2) is 11.4 Å². The van der Waals surface area contributed by atoms with Crippen LogP contribution in [0.3, 0.4) is 0 Å².